The number of amides is 1. The number of carbonyl (C=O) groups excluding carboxylic acids is 1. The van der Waals surface area contributed by atoms with Gasteiger partial charge in [-0.2, -0.15) is 5.10 Å². The van der Waals surface area contributed by atoms with Crippen molar-refractivity contribution in [2.45, 2.75) is 31.8 Å². The maximum absolute atomic E-state index is 12.2. The Kier molecular flexibility index (Phi) is 4.01. The number of carbonyl (C=O) groups is 1. The maximum Gasteiger partial charge on any atom is 0.254 e. The van der Waals surface area contributed by atoms with Crippen molar-refractivity contribution in [3.8, 4) is 5.69 Å². The third-order valence-electron chi connectivity index (χ3n) is 3.86. The Bertz CT molecular complexity index is 600. The van der Waals surface area contributed by atoms with Crippen LogP contribution in [0, 0.1) is 0 Å². The van der Waals surface area contributed by atoms with Gasteiger partial charge in [0.1, 0.15) is 0 Å². The molecule has 2 aromatic rings. The van der Waals surface area contributed by atoms with Crippen molar-refractivity contribution in [2.24, 2.45) is 0 Å². The molecule has 1 aliphatic rings. The second-order valence-corrected chi connectivity index (χ2v) is 5.57. The molecule has 21 heavy (non-hydrogen) atoms. The zero-order valence-corrected chi connectivity index (χ0v) is 12.1. The monoisotopic (exact) mass is 284 g/mol. The van der Waals surface area contributed by atoms with E-state index in [2.05, 4.69) is 22.7 Å². The summed E-state index contributed by atoms with van der Waals surface area (Å²) in [5.74, 6) is -0.0569. The topological polar surface area (TPSA) is 59.0 Å². The molecular formula is C16H20N4O. The quantitative estimate of drug-likeness (QED) is 0.902. The van der Waals surface area contributed by atoms with E-state index < -0.39 is 0 Å². The van der Waals surface area contributed by atoms with Crippen molar-refractivity contribution >= 4 is 5.91 Å². The van der Waals surface area contributed by atoms with Gasteiger partial charge in [-0.25, -0.2) is 4.68 Å². The number of aromatic nitrogens is 2. The van der Waals surface area contributed by atoms with Gasteiger partial charge in [-0.1, -0.05) is 18.2 Å². The summed E-state index contributed by atoms with van der Waals surface area (Å²) in [6, 6.07) is 10.5. The minimum absolute atomic E-state index is 0.0569. The highest BCUT2D eigenvalue weighted by molar-refractivity contribution is 5.94. The van der Waals surface area contributed by atoms with Crippen LogP contribution in [-0.2, 0) is 0 Å². The van der Waals surface area contributed by atoms with Crippen LogP contribution in [0.4, 0.5) is 0 Å². The van der Waals surface area contributed by atoms with Crippen LogP contribution in [0.2, 0.25) is 0 Å². The van der Waals surface area contributed by atoms with E-state index in [-0.39, 0.29) is 11.9 Å². The molecule has 0 radical (unpaired) electrons. The average Bonchev–Trinajstić information content (AvgIpc) is 3.00. The van der Waals surface area contributed by atoms with Gasteiger partial charge < -0.3 is 10.6 Å². The Morgan fingerprint density at radius 2 is 2.14 bits per heavy atom. The predicted molar refractivity (Wildman–Crippen MR) is 81.5 cm³/mol. The van der Waals surface area contributed by atoms with Crippen molar-refractivity contribution in [1.82, 2.24) is 20.4 Å². The first-order valence-electron chi connectivity index (χ1n) is 7.37. The lowest BCUT2D eigenvalue weighted by atomic mass is 10.0. The van der Waals surface area contributed by atoms with Gasteiger partial charge in [-0.3, -0.25) is 4.79 Å². The normalized spacial score (nSPS) is 22.0. The Labute approximate surface area is 124 Å². The van der Waals surface area contributed by atoms with E-state index in [9.17, 15) is 4.79 Å². The lowest BCUT2D eigenvalue weighted by Crippen LogP contribution is -2.48. The van der Waals surface area contributed by atoms with E-state index >= 15 is 0 Å². The fraction of sp³-hybridized carbons (Fsp3) is 0.375. The Balaban J connectivity index is 1.64. The Hall–Kier alpha value is -2.14. The number of para-hydroxylation sites is 1. The van der Waals surface area contributed by atoms with Gasteiger partial charge in [0, 0.05) is 24.8 Å². The summed E-state index contributed by atoms with van der Waals surface area (Å²) in [6.07, 6.45) is 5.49. The van der Waals surface area contributed by atoms with E-state index in [0.29, 0.717) is 11.6 Å². The minimum atomic E-state index is -0.0569. The molecule has 0 bridgehead atoms. The molecule has 5 nitrogen and oxygen atoms in total. The lowest BCUT2D eigenvalue weighted by molar-refractivity contribution is 0.0927. The van der Waals surface area contributed by atoms with E-state index in [4.69, 9.17) is 0 Å². The SMILES string of the molecule is CC1CCC(NC(=O)c2cnn(-c3ccccc3)c2)CN1. The van der Waals surface area contributed by atoms with Crippen LogP contribution >= 0.6 is 0 Å². The molecule has 2 N–H and O–H groups in total. The van der Waals surface area contributed by atoms with Gasteiger partial charge in [0.2, 0.25) is 0 Å². The summed E-state index contributed by atoms with van der Waals surface area (Å²) in [7, 11) is 0. The third-order valence-corrected chi connectivity index (χ3v) is 3.86. The van der Waals surface area contributed by atoms with Crippen LogP contribution in [0.25, 0.3) is 5.69 Å². The molecule has 2 atom stereocenters. The van der Waals surface area contributed by atoms with Crippen LogP contribution in [0.15, 0.2) is 42.7 Å². The first-order valence-corrected chi connectivity index (χ1v) is 7.37. The maximum atomic E-state index is 12.2. The smallest absolute Gasteiger partial charge is 0.254 e. The van der Waals surface area contributed by atoms with E-state index in [1.807, 2.05) is 30.3 Å². The molecule has 5 heteroatoms. The van der Waals surface area contributed by atoms with E-state index in [0.717, 1.165) is 25.1 Å². The van der Waals surface area contributed by atoms with Gasteiger partial charge in [0.05, 0.1) is 17.4 Å². The highest BCUT2D eigenvalue weighted by Gasteiger charge is 2.20. The summed E-state index contributed by atoms with van der Waals surface area (Å²) in [6.45, 7) is 3.00. The lowest BCUT2D eigenvalue weighted by Gasteiger charge is -2.28. The molecule has 0 spiro atoms. The minimum Gasteiger partial charge on any atom is -0.348 e. The first-order chi connectivity index (χ1) is 10.2. The molecule has 1 saturated heterocycles. The first kappa shape index (κ1) is 13.8. The summed E-state index contributed by atoms with van der Waals surface area (Å²) in [5.41, 5.74) is 1.54. The van der Waals surface area contributed by atoms with Crippen molar-refractivity contribution in [3.05, 3.63) is 48.3 Å². The fourth-order valence-corrected chi connectivity index (χ4v) is 2.55. The summed E-state index contributed by atoms with van der Waals surface area (Å²) < 4.78 is 1.72. The number of nitrogens with one attached hydrogen (secondary N) is 2. The van der Waals surface area contributed by atoms with Crippen molar-refractivity contribution in [2.75, 3.05) is 6.54 Å². The number of nitrogens with zero attached hydrogens (tertiary/aromatic N) is 2. The van der Waals surface area contributed by atoms with Crippen LogP contribution in [0.5, 0.6) is 0 Å². The van der Waals surface area contributed by atoms with Gasteiger partial charge in [0.15, 0.2) is 0 Å². The summed E-state index contributed by atoms with van der Waals surface area (Å²) >= 11 is 0. The highest BCUT2D eigenvalue weighted by atomic mass is 16.1. The summed E-state index contributed by atoms with van der Waals surface area (Å²) in [5, 5.41) is 10.7. The molecule has 0 aliphatic carbocycles. The van der Waals surface area contributed by atoms with Crippen LogP contribution in [0.1, 0.15) is 30.1 Å². The molecule has 2 heterocycles. The molecule has 2 unspecified atom stereocenters. The third kappa shape index (κ3) is 3.31. The van der Waals surface area contributed by atoms with E-state index in [1.54, 1.807) is 17.1 Å². The fourth-order valence-electron chi connectivity index (χ4n) is 2.55. The summed E-state index contributed by atoms with van der Waals surface area (Å²) in [4.78, 5) is 12.2. The number of benzene rings is 1. The standard InChI is InChI=1S/C16H20N4O/c1-12-7-8-14(10-17-12)19-16(21)13-9-18-20(11-13)15-5-3-2-4-6-15/h2-6,9,11-12,14,17H,7-8,10H2,1H3,(H,19,21). The van der Waals surface area contributed by atoms with Gasteiger partial charge in [0.25, 0.3) is 5.91 Å². The molecule has 1 aliphatic heterocycles. The number of piperidine rings is 1. The average molecular weight is 284 g/mol. The second kappa shape index (κ2) is 6.10. The molecule has 1 aromatic heterocycles. The molecule has 1 amide bonds. The van der Waals surface area contributed by atoms with Crippen LogP contribution in [0.3, 0.4) is 0 Å². The zero-order valence-electron chi connectivity index (χ0n) is 12.1. The Morgan fingerprint density at radius 1 is 1.33 bits per heavy atom. The van der Waals surface area contributed by atoms with Gasteiger partial charge >= 0.3 is 0 Å². The van der Waals surface area contributed by atoms with E-state index in [1.165, 1.54) is 0 Å². The van der Waals surface area contributed by atoms with Crippen LogP contribution < -0.4 is 10.6 Å². The number of hydrogen-bond acceptors (Lipinski definition) is 3. The Morgan fingerprint density at radius 3 is 2.86 bits per heavy atom. The predicted octanol–water partition coefficient (Wildman–Crippen LogP) is 1.74. The van der Waals surface area contributed by atoms with Crippen molar-refractivity contribution in [1.29, 1.82) is 0 Å². The van der Waals surface area contributed by atoms with Gasteiger partial charge in [-0.15, -0.1) is 0 Å². The van der Waals surface area contributed by atoms with Crippen LogP contribution in [-0.4, -0.2) is 34.3 Å². The largest absolute Gasteiger partial charge is 0.348 e. The van der Waals surface area contributed by atoms with Crippen molar-refractivity contribution in [3.63, 3.8) is 0 Å². The van der Waals surface area contributed by atoms with Gasteiger partial charge in [-0.05, 0) is 31.9 Å². The number of hydrogen-bond donors (Lipinski definition) is 2. The highest BCUT2D eigenvalue weighted by Crippen LogP contribution is 2.10. The molecular weight excluding hydrogens is 264 g/mol. The molecule has 1 fully saturated rings. The molecule has 110 valence electrons. The number of rotatable bonds is 3. The van der Waals surface area contributed by atoms with Crippen molar-refractivity contribution < 1.29 is 4.79 Å². The zero-order chi connectivity index (χ0) is 14.7. The molecule has 0 saturated carbocycles. The molecule has 3 rings (SSSR count). The second-order valence-electron chi connectivity index (χ2n) is 5.57. The molecule has 1 aromatic carbocycles.